The number of rotatable bonds is 8. The molecule has 0 bridgehead atoms. The molecule has 4 heteroatoms. The van der Waals surface area contributed by atoms with E-state index in [1.807, 2.05) is 4.90 Å². The van der Waals surface area contributed by atoms with Crippen molar-refractivity contribution in [2.24, 2.45) is 23.7 Å². The summed E-state index contributed by atoms with van der Waals surface area (Å²) in [5.74, 6) is 2.44. The zero-order valence-electron chi connectivity index (χ0n) is 15.4. The molecule has 0 radical (unpaired) electrons. The largest absolute Gasteiger partial charge is 0.381 e. The van der Waals surface area contributed by atoms with Crippen LogP contribution in [0.5, 0.6) is 0 Å². The Morgan fingerprint density at radius 3 is 2.22 bits per heavy atom. The third kappa shape index (κ3) is 6.07. The van der Waals surface area contributed by atoms with E-state index in [4.69, 9.17) is 9.47 Å². The van der Waals surface area contributed by atoms with Gasteiger partial charge in [-0.2, -0.15) is 0 Å². The van der Waals surface area contributed by atoms with E-state index in [1.165, 1.54) is 0 Å². The molecule has 0 unspecified atom stereocenters. The average Bonchev–Trinajstić information content (AvgIpc) is 2.45. The predicted molar refractivity (Wildman–Crippen MR) is 92.3 cm³/mol. The summed E-state index contributed by atoms with van der Waals surface area (Å²) in [5, 5.41) is 0. The fourth-order valence-electron chi connectivity index (χ4n) is 3.49. The zero-order chi connectivity index (χ0) is 16.8. The zero-order valence-corrected chi connectivity index (χ0v) is 15.4. The second-order valence-corrected chi connectivity index (χ2v) is 8.14. The highest BCUT2D eigenvalue weighted by atomic mass is 16.5. The molecule has 0 aromatic rings. The summed E-state index contributed by atoms with van der Waals surface area (Å²) in [6.45, 7) is 12.8. The van der Waals surface area contributed by atoms with E-state index < -0.39 is 0 Å². The number of ether oxygens (including phenoxy) is 2. The predicted octanol–water partition coefficient (Wildman–Crippen LogP) is 3.35. The standard InChI is InChI=1S/C19H35NO3/c1-14(2)11-22-12-16-5-7-18(8-6-16)19(21)20-9-17(10-20)13-23-15(3)4/h14-18H,5-13H2,1-4H3. The van der Waals surface area contributed by atoms with Gasteiger partial charge in [0.25, 0.3) is 0 Å². The highest BCUT2D eigenvalue weighted by Crippen LogP contribution is 2.32. The van der Waals surface area contributed by atoms with Crippen LogP contribution in [-0.4, -0.2) is 49.8 Å². The third-order valence-corrected chi connectivity index (χ3v) is 4.93. The minimum atomic E-state index is 0.253. The average molecular weight is 325 g/mol. The second kappa shape index (κ2) is 9.03. The minimum absolute atomic E-state index is 0.253. The number of carbonyl (C=O) groups excluding carboxylic acids is 1. The lowest BCUT2D eigenvalue weighted by atomic mass is 9.81. The molecule has 1 heterocycles. The summed E-state index contributed by atoms with van der Waals surface area (Å²) in [7, 11) is 0. The molecule has 23 heavy (non-hydrogen) atoms. The van der Waals surface area contributed by atoms with Gasteiger partial charge in [0.05, 0.1) is 12.7 Å². The van der Waals surface area contributed by atoms with Gasteiger partial charge in [-0.3, -0.25) is 4.79 Å². The van der Waals surface area contributed by atoms with Crippen molar-refractivity contribution >= 4 is 5.91 Å². The Kier molecular flexibility index (Phi) is 7.35. The lowest BCUT2D eigenvalue weighted by Crippen LogP contribution is -2.54. The van der Waals surface area contributed by atoms with Crippen LogP contribution in [0.1, 0.15) is 53.4 Å². The third-order valence-electron chi connectivity index (χ3n) is 4.93. The van der Waals surface area contributed by atoms with E-state index in [1.54, 1.807) is 0 Å². The molecule has 1 saturated carbocycles. The van der Waals surface area contributed by atoms with E-state index in [9.17, 15) is 4.79 Å². The quantitative estimate of drug-likeness (QED) is 0.687. The molecule has 0 aromatic carbocycles. The van der Waals surface area contributed by atoms with Gasteiger partial charge < -0.3 is 14.4 Å². The maximum Gasteiger partial charge on any atom is 0.225 e. The van der Waals surface area contributed by atoms with Crippen LogP contribution in [0.25, 0.3) is 0 Å². The molecule has 1 aliphatic carbocycles. The number of nitrogens with zero attached hydrogens (tertiary/aromatic N) is 1. The molecule has 0 atom stereocenters. The Bertz CT molecular complexity index is 356. The normalized spacial score (nSPS) is 25.9. The maximum atomic E-state index is 12.5. The van der Waals surface area contributed by atoms with Gasteiger partial charge in [0.1, 0.15) is 0 Å². The van der Waals surface area contributed by atoms with E-state index in [2.05, 4.69) is 27.7 Å². The van der Waals surface area contributed by atoms with Gasteiger partial charge in [-0.15, -0.1) is 0 Å². The van der Waals surface area contributed by atoms with Crippen molar-refractivity contribution in [1.29, 1.82) is 0 Å². The molecule has 1 saturated heterocycles. The Hall–Kier alpha value is -0.610. The highest BCUT2D eigenvalue weighted by Gasteiger charge is 2.36. The topological polar surface area (TPSA) is 38.8 Å². The van der Waals surface area contributed by atoms with E-state index >= 15 is 0 Å². The number of amides is 1. The molecule has 1 amide bonds. The molecule has 134 valence electrons. The van der Waals surface area contributed by atoms with Gasteiger partial charge >= 0.3 is 0 Å². The first-order chi connectivity index (χ1) is 11.0. The second-order valence-electron chi connectivity index (χ2n) is 8.14. The lowest BCUT2D eigenvalue weighted by Gasteiger charge is -2.42. The van der Waals surface area contributed by atoms with Crippen LogP contribution < -0.4 is 0 Å². The summed E-state index contributed by atoms with van der Waals surface area (Å²) >= 11 is 0. The van der Waals surface area contributed by atoms with Gasteiger partial charge in [0.15, 0.2) is 0 Å². The summed E-state index contributed by atoms with van der Waals surface area (Å²) in [5.41, 5.74) is 0. The molecule has 2 rings (SSSR count). The Morgan fingerprint density at radius 1 is 1.00 bits per heavy atom. The Balaban J connectivity index is 1.59. The van der Waals surface area contributed by atoms with Crippen LogP contribution in [0.2, 0.25) is 0 Å². The molecule has 2 fully saturated rings. The summed E-state index contributed by atoms with van der Waals surface area (Å²) in [4.78, 5) is 14.6. The summed E-state index contributed by atoms with van der Waals surface area (Å²) < 4.78 is 11.4. The fourth-order valence-corrected chi connectivity index (χ4v) is 3.49. The molecular formula is C19H35NO3. The first-order valence-electron chi connectivity index (χ1n) is 9.43. The molecule has 0 N–H and O–H groups in total. The Morgan fingerprint density at radius 2 is 1.65 bits per heavy atom. The van der Waals surface area contributed by atoms with Crippen LogP contribution in [-0.2, 0) is 14.3 Å². The monoisotopic (exact) mass is 325 g/mol. The van der Waals surface area contributed by atoms with Crippen LogP contribution in [0.15, 0.2) is 0 Å². The first kappa shape index (κ1) is 18.7. The SMILES string of the molecule is CC(C)COCC1CCC(C(=O)N2CC(COC(C)C)C2)CC1. The smallest absolute Gasteiger partial charge is 0.225 e. The molecule has 4 nitrogen and oxygen atoms in total. The summed E-state index contributed by atoms with van der Waals surface area (Å²) in [6, 6.07) is 0. The van der Waals surface area contributed by atoms with E-state index in [-0.39, 0.29) is 12.0 Å². The highest BCUT2D eigenvalue weighted by molar-refractivity contribution is 5.79. The minimum Gasteiger partial charge on any atom is -0.381 e. The Labute approximate surface area is 141 Å². The van der Waals surface area contributed by atoms with E-state index in [0.29, 0.717) is 23.7 Å². The van der Waals surface area contributed by atoms with Crippen LogP contribution in [0.4, 0.5) is 0 Å². The molecule has 1 aliphatic heterocycles. The first-order valence-corrected chi connectivity index (χ1v) is 9.43. The van der Waals surface area contributed by atoms with Crippen molar-refractivity contribution < 1.29 is 14.3 Å². The molecular weight excluding hydrogens is 290 g/mol. The number of likely N-dealkylation sites (tertiary alicyclic amines) is 1. The molecule has 0 aromatic heterocycles. The summed E-state index contributed by atoms with van der Waals surface area (Å²) in [6.07, 6.45) is 4.65. The molecule has 0 spiro atoms. The van der Waals surface area contributed by atoms with Crippen molar-refractivity contribution in [3.8, 4) is 0 Å². The maximum absolute atomic E-state index is 12.5. The fraction of sp³-hybridized carbons (Fsp3) is 0.947. The van der Waals surface area contributed by atoms with Crippen LogP contribution in [0.3, 0.4) is 0 Å². The van der Waals surface area contributed by atoms with Crippen molar-refractivity contribution in [2.75, 3.05) is 32.9 Å². The van der Waals surface area contributed by atoms with Gasteiger partial charge in [-0.25, -0.2) is 0 Å². The lowest BCUT2D eigenvalue weighted by molar-refractivity contribution is -0.145. The number of hydrogen-bond acceptors (Lipinski definition) is 3. The van der Waals surface area contributed by atoms with Gasteiger partial charge in [0, 0.05) is 38.1 Å². The van der Waals surface area contributed by atoms with Gasteiger partial charge in [0.2, 0.25) is 5.91 Å². The van der Waals surface area contributed by atoms with Crippen LogP contribution in [0, 0.1) is 23.7 Å². The van der Waals surface area contributed by atoms with Gasteiger partial charge in [-0.1, -0.05) is 13.8 Å². The number of hydrogen-bond donors (Lipinski definition) is 0. The van der Waals surface area contributed by atoms with Crippen molar-refractivity contribution in [3.05, 3.63) is 0 Å². The van der Waals surface area contributed by atoms with Gasteiger partial charge in [-0.05, 0) is 51.4 Å². The van der Waals surface area contributed by atoms with E-state index in [0.717, 1.165) is 58.6 Å². The van der Waals surface area contributed by atoms with Crippen molar-refractivity contribution in [1.82, 2.24) is 4.90 Å². The molecule has 2 aliphatic rings. The van der Waals surface area contributed by atoms with Crippen molar-refractivity contribution in [2.45, 2.75) is 59.5 Å². The number of carbonyl (C=O) groups is 1. The van der Waals surface area contributed by atoms with Crippen LogP contribution >= 0.6 is 0 Å². The van der Waals surface area contributed by atoms with Crippen molar-refractivity contribution in [3.63, 3.8) is 0 Å².